The van der Waals surface area contributed by atoms with Crippen LogP contribution in [0.15, 0.2) is 53.0 Å². The van der Waals surface area contributed by atoms with Gasteiger partial charge in [-0.3, -0.25) is 0 Å². The number of hydrogen-bond acceptors (Lipinski definition) is 3. The zero-order chi connectivity index (χ0) is 15.2. The van der Waals surface area contributed by atoms with Crippen LogP contribution < -0.4 is 10.1 Å². The first-order chi connectivity index (χ1) is 10.1. The van der Waals surface area contributed by atoms with Crippen LogP contribution in [0.4, 0.5) is 5.69 Å². The molecule has 2 N–H and O–H groups in total. The van der Waals surface area contributed by atoms with Crippen LogP contribution in [0.1, 0.15) is 25.5 Å². The van der Waals surface area contributed by atoms with Crippen molar-refractivity contribution in [3.63, 3.8) is 0 Å². The third-order valence-electron chi connectivity index (χ3n) is 3.00. The van der Waals surface area contributed by atoms with Crippen molar-refractivity contribution in [3.05, 3.63) is 58.6 Å². The minimum atomic E-state index is -0.146. The molecule has 0 saturated carbocycles. The molecule has 0 aromatic heterocycles. The van der Waals surface area contributed by atoms with E-state index in [9.17, 15) is 5.11 Å². The highest BCUT2D eigenvalue weighted by Crippen LogP contribution is 2.24. The Bertz CT molecular complexity index is 569. The van der Waals surface area contributed by atoms with Gasteiger partial charge in [0.15, 0.2) is 0 Å². The monoisotopic (exact) mass is 349 g/mol. The number of halogens is 1. The molecule has 0 heterocycles. The Morgan fingerprint density at radius 3 is 2.43 bits per heavy atom. The fourth-order valence-corrected chi connectivity index (χ4v) is 2.46. The van der Waals surface area contributed by atoms with Crippen LogP contribution in [0.3, 0.4) is 0 Å². The molecule has 112 valence electrons. The van der Waals surface area contributed by atoms with E-state index < -0.39 is 0 Å². The summed E-state index contributed by atoms with van der Waals surface area (Å²) < 4.78 is 6.63. The van der Waals surface area contributed by atoms with E-state index in [0.29, 0.717) is 0 Å². The van der Waals surface area contributed by atoms with Gasteiger partial charge < -0.3 is 15.2 Å². The van der Waals surface area contributed by atoms with Crippen LogP contribution in [0.25, 0.3) is 0 Å². The van der Waals surface area contributed by atoms with Crippen LogP contribution in [-0.4, -0.2) is 17.8 Å². The smallest absolute Gasteiger partial charge is 0.119 e. The van der Waals surface area contributed by atoms with Crippen LogP contribution in [0, 0.1) is 0 Å². The van der Waals surface area contributed by atoms with Crippen molar-refractivity contribution in [3.8, 4) is 5.75 Å². The Hall–Kier alpha value is -1.52. The third kappa shape index (κ3) is 4.76. The second kappa shape index (κ2) is 7.48. The van der Waals surface area contributed by atoms with E-state index in [2.05, 4.69) is 21.2 Å². The van der Waals surface area contributed by atoms with Gasteiger partial charge in [0.05, 0.1) is 18.8 Å². The molecule has 2 aromatic rings. The van der Waals surface area contributed by atoms with Gasteiger partial charge in [-0.05, 0) is 49.7 Å². The molecule has 0 spiro atoms. The molecule has 0 aliphatic carbocycles. The molecule has 0 amide bonds. The summed E-state index contributed by atoms with van der Waals surface area (Å²) in [5.74, 6) is 0.841. The zero-order valence-corrected chi connectivity index (χ0v) is 13.8. The van der Waals surface area contributed by atoms with Gasteiger partial charge in [0.2, 0.25) is 0 Å². The lowest BCUT2D eigenvalue weighted by atomic mass is 10.1. The van der Waals surface area contributed by atoms with Gasteiger partial charge in [-0.25, -0.2) is 0 Å². The lowest BCUT2D eigenvalue weighted by molar-refractivity contribution is 0.242. The largest absolute Gasteiger partial charge is 0.491 e. The summed E-state index contributed by atoms with van der Waals surface area (Å²) in [6.45, 7) is 4.02. The molecule has 0 bridgehead atoms. The highest BCUT2D eigenvalue weighted by Gasteiger charge is 2.10. The van der Waals surface area contributed by atoms with Crippen molar-refractivity contribution in [2.24, 2.45) is 0 Å². The van der Waals surface area contributed by atoms with Gasteiger partial charge in [-0.2, -0.15) is 0 Å². The first-order valence-electron chi connectivity index (χ1n) is 6.98. The fraction of sp³-hybridized carbons (Fsp3) is 0.294. The van der Waals surface area contributed by atoms with Crippen molar-refractivity contribution in [1.29, 1.82) is 0 Å². The summed E-state index contributed by atoms with van der Waals surface area (Å²) in [6, 6.07) is 15.6. The Kier molecular flexibility index (Phi) is 5.65. The highest BCUT2D eigenvalue weighted by molar-refractivity contribution is 9.10. The van der Waals surface area contributed by atoms with Crippen LogP contribution in [0.2, 0.25) is 0 Å². The molecule has 0 saturated heterocycles. The number of benzene rings is 2. The molecule has 1 unspecified atom stereocenters. The number of aliphatic hydroxyl groups excluding tert-OH is 1. The van der Waals surface area contributed by atoms with Crippen molar-refractivity contribution >= 4 is 21.6 Å². The summed E-state index contributed by atoms with van der Waals surface area (Å²) in [7, 11) is 0. The van der Waals surface area contributed by atoms with E-state index in [0.717, 1.165) is 21.5 Å². The summed E-state index contributed by atoms with van der Waals surface area (Å²) >= 11 is 3.44. The molecular weight excluding hydrogens is 330 g/mol. The highest BCUT2D eigenvalue weighted by atomic mass is 79.9. The number of aliphatic hydroxyl groups is 1. The van der Waals surface area contributed by atoms with E-state index in [1.807, 2.05) is 62.4 Å². The second-order valence-electron chi connectivity index (χ2n) is 5.13. The summed E-state index contributed by atoms with van der Waals surface area (Å²) in [6.07, 6.45) is 0.157. The summed E-state index contributed by atoms with van der Waals surface area (Å²) in [4.78, 5) is 0. The normalized spacial score (nSPS) is 12.2. The molecule has 0 fully saturated rings. The van der Waals surface area contributed by atoms with Gasteiger partial charge in [0, 0.05) is 10.2 Å². The molecule has 3 nitrogen and oxygen atoms in total. The Balaban J connectivity index is 2.10. The van der Waals surface area contributed by atoms with Crippen molar-refractivity contribution < 1.29 is 9.84 Å². The van der Waals surface area contributed by atoms with E-state index in [-0.39, 0.29) is 18.8 Å². The van der Waals surface area contributed by atoms with E-state index in [1.165, 1.54) is 0 Å². The maximum absolute atomic E-state index is 9.62. The SMILES string of the molecule is CC(C)Oc1ccc(C(CO)Nc2cccc(Br)c2)cc1. The van der Waals surface area contributed by atoms with Gasteiger partial charge in [-0.15, -0.1) is 0 Å². The lowest BCUT2D eigenvalue weighted by Crippen LogP contribution is -2.15. The summed E-state index contributed by atoms with van der Waals surface area (Å²) in [5, 5.41) is 12.9. The van der Waals surface area contributed by atoms with Crippen molar-refractivity contribution in [2.75, 3.05) is 11.9 Å². The van der Waals surface area contributed by atoms with Crippen LogP contribution in [0.5, 0.6) is 5.75 Å². The van der Waals surface area contributed by atoms with Gasteiger partial charge in [0.1, 0.15) is 5.75 Å². The van der Waals surface area contributed by atoms with Gasteiger partial charge >= 0.3 is 0 Å². The van der Waals surface area contributed by atoms with Crippen LogP contribution >= 0.6 is 15.9 Å². The maximum atomic E-state index is 9.62. The van der Waals surface area contributed by atoms with E-state index in [1.54, 1.807) is 0 Å². The predicted octanol–water partition coefficient (Wildman–Crippen LogP) is 4.38. The molecule has 21 heavy (non-hydrogen) atoms. The molecule has 4 heteroatoms. The van der Waals surface area contributed by atoms with Crippen molar-refractivity contribution in [2.45, 2.75) is 26.0 Å². The van der Waals surface area contributed by atoms with E-state index in [4.69, 9.17) is 4.74 Å². The van der Waals surface area contributed by atoms with Crippen LogP contribution in [-0.2, 0) is 0 Å². The standard InChI is InChI=1S/C17H20BrNO2/c1-12(2)21-16-8-6-13(7-9-16)17(11-20)19-15-5-3-4-14(18)10-15/h3-10,12,17,19-20H,11H2,1-2H3. The fourth-order valence-electron chi connectivity index (χ4n) is 2.06. The minimum Gasteiger partial charge on any atom is -0.491 e. The number of hydrogen-bond donors (Lipinski definition) is 2. The number of rotatable bonds is 6. The minimum absolute atomic E-state index is 0.0247. The predicted molar refractivity (Wildman–Crippen MR) is 89.8 cm³/mol. The van der Waals surface area contributed by atoms with Gasteiger partial charge in [0.25, 0.3) is 0 Å². The van der Waals surface area contributed by atoms with Crippen molar-refractivity contribution in [1.82, 2.24) is 0 Å². The number of anilines is 1. The summed E-state index contributed by atoms with van der Waals surface area (Å²) in [5.41, 5.74) is 1.99. The Labute approximate surface area is 134 Å². The second-order valence-corrected chi connectivity index (χ2v) is 6.04. The van der Waals surface area contributed by atoms with Gasteiger partial charge in [-0.1, -0.05) is 34.1 Å². The number of nitrogens with one attached hydrogen (secondary N) is 1. The van der Waals surface area contributed by atoms with E-state index >= 15 is 0 Å². The molecule has 0 aliphatic rings. The zero-order valence-electron chi connectivity index (χ0n) is 12.2. The molecule has 1 atom stereocenters. The molecule has 2 rings (SSSR count). The molecule has 0 radical (unpaired) electrons. The quantitative estimate of drug-likeness (QED) is 0.812. The Morgan fingerprint density at radius 1 is 1.14 bits per heavy atom. The maximum Gasteiger partial charge on any atom is 0.119 e. The average Bonchev–Trinajstić information content (AvgIpc) is 2.45. The molecular formula is C17H20BrNO2. The first kappa shape index (κ1) is 15.9. The topological polar surface area (TPSA) is 41.5 Å². The first-order valence-corrected chi connectivity index (χ1v) is 7.77. The number of ether oxygens (including phenoxy) is 1. The lowest BCUT2D eigenvalue weighted by Gasteiger charge is -2.19. The third-order valence-corrected chi connectivity index (χ3v) is 3.50. The average molecular weight is 350 g/mol. The molecule has 0 aliphatic heterocycles. The Morgan fingerprint density at radius 2 is 1.86 bits per heavy atom. The molecule has 2 aromatic carbocycles.